The predicted octanol–water partition coefficient (Wildman–Crippen LogP) is 3.55. The normalized spacial score (nSPS) is 17.7. The van der Waals surface area contributed by atoms with Crippen LogP contribution in [0.4, 0.5) is 4.39 Å². The summed E-state index contributed by atoms with van der Waals surface area (Å²) < 4.78 is 15.6. The third-order valence-corrected chi connectivity index (χ3v) is 4.80. The van der Waals surface area contributed by atoms with Gasteiger partial charge in [-0.15, -0.1) is 0 Å². The standard InChI is InChI=1S/C21H22FN3O/c1-15-4-2-7-19(10-15)25-13-17(12-24-9-8-20(26)14-24)21(23-25)16-5-3-6-18(22)11-16/h2-7,10-11,13,20,26H,8-9,12,14H2,1H3/t20-/m1/s1. The van der Waals surface area contributed by atoms with Crippen molar-refractivity contribution in [3.63, 3.8) is 0 Å². The molecule has 26 heavy (non-hydrogen) atoms. The molecule has 2 aromatic carbocycles. The van der Waals surface area contributed by atoms with Gasteiger partial charge in [0.25, 0.3) is 0 Å². The summed E-state index contributed by atoms with van der Waals surface area (Å²) in [6, 6.07) is 14.7. The first-order valence-electron chi connectivity index (χ1n) is 8.90. The van der Waals surface area contributed by atoms with Crippen LogP contribution in [-0.4, -0.2) is 39.0 Å². The van der Waals surface area contributed by atoms with Gasteiger partial charge in [0, 0.05) is 37.0 Å². The van der Waals surface area contributed by atoms with Crippen molar-refractivity contribution in [3.05, 3.63) is 71.7 Å². The molecule has 0 saturated carbocycles. The number of aromatic nitrogens is 2. The first-order chi connectivity index (χ1) is 12.6. The number of β-amino-alcohol motifs (C(OH)–C–C–N with tert-alkyl or cyclic N) is 1. The summed E-state index contributed by atoms with van der Waals surface area (Å²) >= 11 is 0. The average Bonchev–Trinajstić information content (AvgIpc) is 3.22. The second kappa shape index (κ2) is 7.02. The van der Waals surface area contributed by atoms with Gasteiger partial charge in [-0.3, -0.25) is 4.90 Å². The number of rotatable bonds is 4. The number of benzene rings is 2. The highest BCUT2D eigenvalue weighted by molar-refractivity contribution is 5.63. The summed E-state index contributed by atoms with van der Waals surface area (Å²) in [4.78, 5) is 2.21. The molecule has 1 aliphatic heterocycles. The Balaban J connectivity index is 1.74. The van der Waals surface area contributed by atoms with Crippen LogP contribution in [0, 0.1) is 12.7 Å². The first kappa shape index (κ1) is 16.9. The highest BCUT2D eigenvalue weighted by Gasteiger charge is 2.22. The molecular formula is C21H22FN3O. The molecule has 1 N–H and O–H groups in total. The SMILES string of the molecule is Cc1cccc(-n2cc(CN3CC[C@@H](O)C3)c(-c3cccc(F)c3)n2)c1. The Morgan fingerprint density at radius 1 is 1.19 bits per heavy atom. The highest BCUT2D eigenvalue weighted by atomic mass is 19.1. The van der Waals surface area contributed by atoms with Gasteiger partial charge >= 0.3 is 0 Å². The molecule has 1 saturated heterocycles. The maximum absolute atomic E-state index is 13.7. The predicted molar refractivity (Wildman–Crippen MR) is 99.6 cm³/mol. The van der Waals surface area contributed by atoms with Gasteiger partial charge in [0.1, 0.15) is 5.82 Å². The lowest BCUT2D eigenvalue weighted by molar-refractivity contribution is 0.175. The maximum atomic E-state index is 13.7. The van der Waals surface area contributed by atoms with Gasteiger partial charge in [0.2, 0.25) is 0 Å². The van der Waals surface area contributed by atoms with Crippen molar-refractivity contribution in [3.8, 4) is 16.9 Å². The van der Waals surface area contributed by atoms with Gasteiger partial charge in [0.05, 0.1) is 17.5 Å². The average molecular weight is 351 g/mol. The topological polar surface area (TPSA) is 41.3 Å². The Hall–Kier alpha value is -2.50. The van der Waals surface area contributed by atoms with Gasteiger partial charge in [-0.05, 0) is 43.2 Å². The van der Waals surface area contributed by atoms with Crippen molar-refractivity contribution in [2.75, 3.05) is 13.1 Å². The van der Waals surface area contributed by atoms with E-state index in [9.17, 15) is 9.50 Å². The van der Waals surface area contributed by atoms with E-state index in [4.69, 9.17) is 5.10 Å². The minimum Gasteiger partial charge on any atom is -0.392 e. The van der Waals surface area contributed by atoms with Gasteiger partial charge < -0.3 is 5.11 Å². The van der Waals surface area contributed by atoms with Crippen LogP contribution in [0.2, 0.25) is 0 Å². The van der Waals surface area contributed by atoms with E-state index >= 15 is 0 Å². The maximum Gasteiger partial charge on any atom is 0.123 e. The minimum atomic E-state index is -0.268. The van der Waals surface area contributed by atoms with Crippen LogP contribution in [-0.2, 0) is 6.54 Å². The van der Waals surface area contributed by atoms with Crippen molar-refractivity contribution in [2.45, 2.75) is 26.0 Å². The molecule has 0 bridgehead atoms. The summed E-state index contributed by atoms with van der Waals surface area (Å²) in [5.41, 5.74) is 4.73. The van der Waals surface area contributed by atoms with Crippen molar-refractivity contribution in [2.24, 2.45) is 0 Å². The van der Waals surface area contributed by atoms with E-state index in [2.05, 4.69) is 11.0 Å². The van der Waals surface area contributed by atoms with E-state index < -0.39 is 0 Å². The third kappa shape index (κ3) is 3.54. The largest absolute Gasteiger partial charge is 0.392 e. The summed E-state index contributed by atoms with van der Waals surface area (Å²) in [5.74, 6) is -0.268. The lowest BCUT2D eigenvalue weighted by atomic mass is 10.1. The van der Waals surface area contributed by atoms with Crippen molar-refractivity contribution >= 4 is 0 Å². The lowest BCUT2D eigenvalue weighted by Crippen LogP contribution is -2.21. The molecule has 3 aromatic rings. The number of halogens is 1. The van der Waals surface area contributed by atoms with Crippen molar-refractivity contribution in [1.29, 1.82) is 0 Å². The van der Waals surface area contributed by atoms with Crippen molar-refractivity contribution in [1.82, 2.24) is 14.7 Å². The Morgan fingerprint density at radius 2 is 2.04 bits per heavy atom. The zero-order valence-electron chi connectivity index (χ0n) is 14.8. The fourth-order valence-corrected chi connectivity index (χ4v) is 3.50. The number of likely N-dealkylation sites (tertiary alicyclic amines) is 1. The Bertz CT molecular complexity index is 921. The summed E-state index contributed by atoms with van der Waals surface area (Å²) in [5, 5.41) is 14.6. The van der Waals surface area contributed by atoms with Crippen LogP contribution < -0.4 is 0 Å². The molecule has 1 atom stereocenters. The number of hydrogen-bond donors (Lipinski definition) is 1. The molecule has 134 valence electrons. The summed E-state index contributed by atoms with van der Waals surface area (Å²) in [7, 11) is 0. The highest BCUT2D eigenvalue weighted by Crippen LogP contribution is 2.27. The minimum absolute atomic E-state index is 0.264. The van der Waals surface area contributed by atoms with E-state index in [0.29, 0.717) is 13.1 Å². The zero-order chi connectivity index (χ0) is 18.1. The molecule has 0 aliphatic carbocycles. The molecule has 1 aromatic heterocycles. The molecule has 4 rings (SSSR count). The number of aliphatic hydroxyl groups is 1. The second-order valence-corrected chi connectivity index (χ2v) is 6.97. The Kier molecular flexibility index (Phi) is 4.57. The number of aliphatic hydroxyl groups excluding tert-OH is 1. The molecule has 1 aliphatic rings. The molecular weight excluding hydrogens is 329 g/mol. The quantitative estimate of drug-likeness (QED) is 0.781. The fraction of sp³-hybridized carbons (Fsp3) is 0.286. The van der Waals surface area contributed by atoms with E-state index in [-0.39, 0.29) is 11.9 Å². The van der Waals surface area contributed by atoms with Crippen LogP contribution >= 0.6 is 0 Å². The Labute approximate surface area is 152 Å². The molecule has 4 nitrogen and oxygen atoms in total. The summed E-state index contributed by atoms with van der Waals surface area (Å²) in [6.07, 6.45) is 2.54. The Morgan fingerprint density at radius 3 is 2.77 bits per heavy atom. The van der Waals surface area contributed by atoms with E-state index in [1.165, 1.54) is 12.1 Å². The third-order valence-electron chi connectivity index (χ3n) is 4.80. The molecule has 1 fully saturated rings. The molecule has 0 amide bonds. The van der Waals surface area contributed by atoms with Crippen LogP contribution in [0.1, 0.15) is 17.5 Å². The fourth-order valence-electron chi connectivity index (χ4n) is 3.50. The number of aryl methyl sites for hydroxylation is 1. The van der Waals surface area contributed by atoms with E-state index in [1.807, 2.05) is 42.1 Å². The number of hydrogen-bond acceptors (Lipinski definition) is 3. The van der Waals surface area contributed by atoms with Crippen molar-refractivity contribution < 1.29 is 9.50 Å². The van der Waals surface area contributed by atoms with E-state index in [0.717, 1.165) is 41.0 Å². The van der Waals surface area contributed by atoms with Crippen LogP contribution in [0.5, 0.6) is 0 Å². The first-order valence-corrected chi connectivity index (χ1v) is 8.90. The molecule has 0 unspecified atom stereocenters. The number of nitrogens with zero attached hydrogens (tertiary/aromatic N) is 3. The van der Waals surface area contributed by atoms with Crippen LogP contribution in [0.25, 0.3) is 16.9 Å². The van der Waals surface area contributed by atoms with Crippen LogP contribution in [0.15, 0.2) is 54.7 Å². The van der Waals surface area contributed by atoms with Gasteiger partial charge in [-0.1, -0.05) is 24.3 Å². The molecule has 0 spiro atoms. The molecule has 5 heteroatoms. The zero-order valence-corrected chi connectivity index (χ0v) is 14.8. The summed E-state index contributed by atoms with van der Waals surface area (Å²) in [6.45, 7) is 4.26. The van der Waals surface area contributed by atoms with Gasteiger partial charge in [-0.2, -0.15) is 5.10 Å². The second-order valence-electron chi connectivity index (χ2n) is 6.97. The smallest absolute Gasteiger partial charge is 0.123 e. The lowest BCUT2D eigenvalue weighted by Gasteiger charge is -2.14. The van der Waals surface area contributed by atoms with Gasteiger partial charge in [0.15, 0.2) is 0 Å². The molecule has 0 radical (unpaired) electrons. The van der Waals surface area contributed by atoms with Crippen LogP contribution in [0.3, 0.4) is 0 Å². The van der Waals surface area contributed by atoms with Gasteiger partial charge in [-0.25, -0.2) is 9.07 Å². The van der Waals surface area contributed by atoms with E-state index in [1.54, 1.807) is 6.07 Å². The molecule has 2 heterocycles. The monoisotopic (exact) mass is 351 g/mol.